The number of aromatic hydroxyl groups is 1. The van der Waals surface area contributed by atoms with Gasteiger partial charge in [-0.1, -0.05) is 0 Å². The molecule has 156 valence electrons. The van der Waals surface area contributed by atoms with Crippen molar-refractivity contribution < 1.29 is 19.7 Å². The molecule has 28 heavy (non-hydrogen) atoms. The Morgan fingerprint density at radius 1 is 1.18 bits per heavy atom. The van der Waals surface area contributed by atoms with Crippen LogP contribution in [0.15, 0.2) is 16.9 Å². The molecular weight excluding hydrogens is 362 g/mol. The summed E-state index contributed by atoms with van der Waals surface area (Å²) in [5.74, 6) is -0.0628. The van der Waals surface area contributed by atoms with Crippen LogP contribution in [0, 0.1) is 6.92 Å². The minimum atomic E-state index is -0.767. The van der Waals surface area contributed by atoms with E-state index >= 15 is 0 Å². The maximum Gasteiger partial charge on any atom is 0.254 e. The van der Waals surface area contributed by atoms with Gasteiger partial charge in [0, 0.05) is 57.4 Å². The van der Waals surface area contributed by atoms with Crippen molar-refractivity contribution in [1.82, 2.24) is 14.4 Å². The lowest BCUT2D eigenvalue weighted by atomic mass is 9.94. The monoisotopic (exact) mass is 393 g/mol. The third kappa shape index (κ3) is 5.33. The molecule has 2 aliphatic rings. The van der Waals surface area contributed by atoms with Gasteiger partial charge in [0.2, 0.25) is 5.91 Å². The van der Waals surface area contributed by atoms with E-state index in [2.05, 4.69) is 4.90 Å². The second kappa shape index (κ2) is 9.07. The number of aromatic nitrogens is 1. The van der Waals surface area contributed by atoms with Crippen molar-refractivity contribution in [2.45, 2.75) is 44.8 Å². The van der Waals surface area contributed by atoms with Gasteiger partial charge in [-0.3, -0.25) is 14.5 Å². The average molecular weight is 393 g/mol. The van der Waals surface area contributed by atoms with Crippen molar-refractivity contribution in [3.8, 4) is 5.75 Å². The molecule has 3 heterocycles. The van der Waals surface area contributed by atoms with Crippen LogP contribution in [0.5, 0.6) is 5.75 Å². The van der Waals surface area contributed by atoms with Gasteiger partial charge in [0.05, 0.1) is 18.8 Å². The molecule has 0 radical (unpaired) electrons. The smallest absolute Gasteiger partial charge is 0.254 e. The number of pyridine rings is 1. The van der Waals surface area contributed by atoms with Crippen LogP contribution in [0.3, 0.4) is 0 Å². The van der Waals surface area contributed by atoms with Crippen LogP contribution in [0.2, 0.25) is 0 Å². The predicted octanol–water partition coefficient (Wildman–Crippen LogP) is 0.328. The minimum absolute atomic E-state index is 0.00463. The number of carbonyl (C=O) groups is 1. The SMILES string of the molecule is Cc1cc(O)cc(=O)n1CCC(=O)N1CCC[C@@](O)(CN2CCOCC2)CC1. The van der Waals surface area contributed by atoms with Gasteiger partial charge >= 0.3 is 0 Å². The Kier molecular flexibility index (Phi) is 6.74. The van der Waals surface area contributed by atoms with E-state index in [1.165, 1.54) is 10.6 Å². The predicted molar refractivity (Wildman–Crippen MR) is 104 cm³/mol. The van der Waals surface area contributed by atoms with E-state index in [0.29, 0.717) is 57.9 Å². The Morgan fingerprint density at radius 2 is 1.93 bits per heavy atom. The van der Waals surface area contributed by atoms with E-state index in [9.17, 15) is 19.8 Å². The van der Waals surface area contributed by atoms with E-state index in [-0.39, 0.29) is 23.6 Å². The van der Waals surface area contributed by atoms with E-state index in [1.807, 2.05) is 0 Å². The molecule has 0 unspecified atom stereocenters. The summed E-state index contributed by atoms with van der Waals surface area (Å²) in [4.78, 5) is 28.7. The molecule has 2 N–H and O–H groups in total. The summed E-state index contributed by atoms with van der Waals surface area (Å²) in [6.45, 7) is 6.91. The largest absolute Gasteiger partial charge is 0.508 e. The molecule has 0 bridgehead atoms. The second-order valence-electron chi connectivity index (χ2n) is 7.94. The third-order valence-corrected chi connectivity index (χ3v) is 5.76. The first-order chi connectivity index (χ1) is 13.4. The highest BCUT2D eigenvalue weighted by Gasteiger charge is 2.33. The molecule has 0 aromatic carbocycles. The number of amides is 1. The number of aryl methyl sites for hydroxylation is 1. The zero-order valence-corrected chi connectivity index (χ0v) is 16.6. The molecule has 2 aliphatic heterocycles. The summed E-state index contributed by atoms with van der Waals surface area (Å²) in [7, 11) is 0. The third-order valence-electron chi connectivity index (χ3n) is 5.76. The molecule has 8 nitrogen and oxygen atoms in total. The molecule has 1 aromatic rings. The van der Waals surface area contributed by atoms with Crippen molar-refractivity contribution >= 4 is 5.91 Å². The lowest BCUT2D eigenvalue weighted by Crippen LogP contribution is -2.48. The zero-order valence-electron chi connectivity index (χ0n) is 16.6. The topological polar surface area (TPSA) is 95.2 Å². The summed E-state index contributed by atoms with van der Waals surface area (Å²) >= 11 is 0. The number of carbonyl (C=O) groups excluding carboxylic acids is 1. The van der Waals surface area contributed by atoms with E-state index in [4.69, 9.17) is 4.74 Å². The number of nitrogens with zero attached hydrogens (tertiary/aromatic N) is 3. The van der Waals surface area contributed by atoms with Gasteiger partial charge in [-0.05, 0) is 32.3 Å². The molecule has 0 aliphatic carbocycles. The summed E-state index contributed by atoms with van der Waals surface area (Å²) in [6.07, 6.45) is 2.25. The first-order valence-corrected chi connectivity index (χ1v) is 10.1. The quantitative estimate of drug-likeness (QED) is 0.749. The average Bonchev–Trinajstić information content (AvgIpc) is 2.83. The highest BCUT2D eigenvalue weighted by atomic mass is 16.5. The number of hydrogen-bond acceptors (Lipinski definition) is 6. The van der Waals surface area contributed by atoms with Crippen molar-refractivity contribution in [2.24, 2.45) is 0 Å². The lowest BCUT2D eigenvalue weighted by molar-refractivity contribution is -0.131. The highest BCUT2D eigenvalue weighted by molar-refractivity contribution is 5.76. The fourth-order valence-electron chi connectivity index (χ4n) is 4.13. The van der Waals surface area contributed by atoms with Crippen LogP contribution in [0.25, 0.3) is 0 Å². The first kappa shape index (κ1) is 20.8. The maximum atomic E-state index is 12.7. The molecule has 1 amide bonds. The Morgan fingerprint density at radius 3 is 2.64 bits per heavy atom. The molecule has 2 fully saturated rings. The van der Waals surface area contributed by atoms with Gasteiger partial charge in [0.15, 0.2) is 0 Å². The number of hydrogen-bond donors (Lipinski definition) is 2. The summed E-state index contributed by atoms with van der Waals surface area (Å²) in [5, 5.41) is 20.5. The van der Waals surface area contributed by atoms with Crippen LogP contribution in [-0.4, -0.2) is 82.0 Å². The van der Waals surface area contributed by atoms with Crippen molar-refractivity contribution in [3.63, 3.8) is 0 Å². The lowest BCUT2D eigenvalue weighted by Gasteiger charge is -2.35. The highest BCUT2D eigenvalue weighted by Crippen LogP contribution is 2.24. The normalized spacial score (nSPS) is 24.1. The number of morpholine rings is 1. The van der Waals surface area contributed by atoms with Gasteiger partial charge in [0.1, 0.15) is 5.75 Å². The summed E-state index contributed by atoms with van der Waals surface area (Å²) in [6, 6.07) is 2.68. The molecule has 0 saturated carbocycles. The number of likely N-dealkylation sites (tertiary alicyclic amines) is 1. The molecule has 1 atom stereocenters. The zero-order chi connectivity index (χ0) is 20.1. The molecule has 8 heteroatoms. The van der Waals surface area contributed by atoms with Gasteiger partial charge in [-0.25, -0.2) is 0 Å². The standard InChI is InChI=1S/C20H31N3O5/c1-16-13-17(24)14-19(26)23(16)7-3-18(25)22-6-2-4-20(27,5-8-22)15-21-9-11-28-12-10-21/h13-14,24,27H,2-12,15H2,1H3/t20-/m0/s1. The number of aliphatic hydroxyl groups is 1. The van der Waals surface area contributed by atoms with Crippen LogP contribution >= 0.6 is 0 Å². The van der Waals surface area contributed by atoms with Crippen LogP contribution in [0.1, 0.15) is 31.4 Å². The van der Waals surface area contributed by atoms with Crippen LogP contribution in [0.4, 0.5) is 0 Å². The van der Waals surface area contributed by atoms with Crippen LogP contribution < -0.4 is 5.56 Å². The molecule has 1 aromatic heterocycles. The van der Waals surface area contributed by atoms with E-state index in [0.717, 1.165) is 25.6 Å². The Bertz CT molecular complexity index is 744. The van der Waals surface area contributed by atoms with Crippen molar-refractivity contribution in [1.29, 1.82) is 0 Å². The number of rotatable bonds is 5. The Labute approximate surface area is 165 Å². The molecular formula is C20H31N3O5. The van der Waals surface area contributed by atoms with Crippen molar-refractivity contribution in [2.75, 3.05) is 45.9 Å². The summed E-state index contributed by atoms with van der Waals surface area (Å²) < 4.78 is 6.87. The number of ether oxygens (including phenoxy) is 1. The van der Waals surface area contributed by atoms with Crippen molar-refractivity contribution in [3.05, 3.63) is 28.2 Å². The molecule has 2 saturated heterocycles. The van der Waals surface area contributed by atoms with Gasteiger partial charge in [0.25, 0.3) is 5.56 Å². The minimum Gasteiger partial charge on any atom is -0.508 e. The Balaban J connectivity index is 1.53. The fraction of sp³-hybridized carbons (Fsp3) is 0.700. The molecule has 0 spiro atoms. The molecule has 3 rings (SSSR count). The van der Waals surface area contributed by atoms with E-state index in [1.54, 1.807) is 11.8 Å². The fourth-order valence-corrected chi connectivity index (χ4v) is 4.13. The first-order valence-electron chi connectivity index (χ1n) is 10.1. The maximum absolute atomic E-state index is 12.7. The van der Waals surface area contributed by atoms with E-state index < -0.39 is 5.60 Å². The second-order valence-corrected chi connectivity index (χ2v) is 7.94. The van der Waals surface area contributed by atoms with Gasteiger partial charge in [-0.2, -0.15) is 0 Å². The Hall–Kier alpha value is -1.90. The van der Waals surface area contributed by atoms with Crippen LogP contribution in [-0.2, 0) is 16.1 Å². The summed E-state index contributed by atoms with van der Waals surface area (Å²) in [5.41, 5.74) is -0.439. The number of β-amino-alcohol motifs (C(OH)–C–C–N with tert-alkyl or cyclic N) is 1. The van der Waals surface area contributed by atoms with Gasteiger partial charge < -0.3 is 24.4 Å². The van der Waals surface area contributed by atoms with Gasteiger partial charge in [-0.15, -0.1) is 0 Å².